The SMILES string of the molecule is CC12CCCC1C1CCC3=CC(=O)CCC3=C1C(C1=CC=CC(OCCN3CCCCC3)C=C1)C2. The smallest absolute Gasteiger partial charge is 0.156 e. The second-order valence-electron chi connectivity index (χ2n) is 12.3. The molecule has 2 saturated carbocycles. The number of hydrogen-bond acceptors (Lipinski definition) is 3. The molecule has 0 aromatic carbocycles. The Kier molecular flexibility index (Phi) is 6.75. The molecular formula is C32H43NO2. The van der Waals surface area contributed by atoms with Gasteiger partial charge in [0, 0.05) is 18.9 Å². The van der Waals surface area contributed by atoms with E-state index in [1.54, 1.807) is 11.1 Å². The van der Waals surface area contributed by atoms with Crippen LogP contribution in [0.5, 0.6) is 0 Å². The van der Waals surface area contributed by atoms with Gasteiger partial charge in [-0.2, -0.15) is 0 Å². The molecular weight excluding hydrogens is 430 g/mol. The number of hydrogen-bond donors (Lipinski definition) is 0. The molecule has 35 heavy (non-hydrogen) atoms. The molecule has 0 amide bonds. The van der Waals surface area contributed by atoms with E-state index in [0.29, 0.717) is 29.5 Å². The Morgan fingerprint density at radius 2 is 1.94 bits per heavy atom. The number of ketones is 1. The molecule has 0 aromatic rings. The molecule has 0 bridgehead atoms. The summed E-state index contributed by atoms with van der Waals surface area (Å²) in [6.45, 7) is 6.89. The predicted molar refractivity (Wildman–Crippen MR) is 142 cm³/mol. The van der Waals surface area contributed by atoms with E-state index in [1.807, 2.05) is 6.08 Å². The quantitative estimate of drug-likeness (QED) is 0.443. The van der Waals surface area contributed by atoms with Crippen molar-refractivity contribution in [3.8, 4) is 0 Å². The molecule has 0 radical (unpaired) electrons. The Morgan fingerprint density at radius 3 is 2.83 bits per heavy atom. The number of piperidine rings is 1. The van der Waals surface area contributed by atoms with Crippen molar-refractivity contribution >= 4 is 5.78 Å². The lowest BCUT2D eigenvalue weighted by Crippen LogP contribution is -2.41. The van der Waals surface area contributed by atoms with Crippen LogP contribution in [0.2, 0.25) is 0 Å². The van der Waals surface area contributed by atoms with Crippen molar-refractivity contribution in [1.29, 1.82) is 0 Å². The Morgan fingerprint density at radius 1 is 1.06 bits per heavy atom. The summed E-state index contributed by atoms with van der Waals surface area (Å²) in [7, 11) is 0. The molecule has 3 fully saturated rings. The molecule has 3 nitrogen and oxygen atoms in total. The highest BCUT2D eigenvalue weighted by atomic mass is 16.5. The Hall–Kier alpha value is -1.71. The largest absolute Gasteiger partial charge is 0.369 e. The van der Waals surface area contributed by atoms with Gasteiger partial charge in [0.2, 0.25) is 0 Å². The lowest BCUT2D eigenvalue weighted by molar-refractivity contribution is -0.114. The van der Waals surface area contributed by atoms with E-state index in [9.17, 15) is 4.79 Å². The highest BCUT2D eigenvalue weighted by Crippen LogP contribution is 2.63. The first-order valence-corrected chi connectivity index (χ1v) is 14.5. The predicted octanol–water partition coefficient (Wildman–Crippen LogP) is 6.73. The molecule has 5 aliphatic carbocycles. The van der Waals surface area contributed by atoms with Crippen molar-refractivity contribution in [2.75, 3.05) is 26.2 Å². The van der Waals surface area contributed by atoms with E-state index in [2.05, 4.69) is 42.2 Å². The van der Waals surface area contributed by atoms with Gasteiger partial charge < -0.3 is 9.64 Å². The van der Waals surface area contributed by atoms with Gasteiger partial charge in [-0.1, -0.05) is 55.7 Å². The molecule has 0 spiro atoms. The van der Waals surface area contributed by atoms with Gasteiger partial charge in [-0.05, 0) is 105 Å². The second-order valence-corrected chi connectivity index (χ2v) is 12.3. The fourth-order valence-electron chi connectivity index (χ4n) is 8.41. The van der Waals surface area contributed by atoms with Crippen LogP contribution in [0.1, 0.15) is 77.6 Å². The van der Waals surface area contributed by atoms with Crippen LogP contribution in [-0.4, -0.2) is 43.0 Å². The van der Waals surface area contributed by atoms with Gasteiger partial charge in [-0.15, -0.1) is 0 Å². The third-order valence-electron chi connectivity index (χ3n) is 10.1. The van der Waals surface area contributed by atoms with E-state index in [4.69, 9.17) is 4.74 Å². The fraction of sp³-hybridized carbons (Fsp3) is 0.656. The van der Waals surface area contributed by atoms with Crippen LogP contribution in [0, 0.1) is 23.2 Å². The summed E-state index contributed by atoms with van der Waals surface area (Å²) in [5.41, 5.74) is 6.57. The Labute approximate surface area is 212 Å². The van der Waals surface area contributed by atoms with Crippen molar-refractivity contribution in [2.45, 2.75) is 83.7 Å². The molecule has 6 aliphatic rings. The first-order valence-electron chi connectivity index (χ1n) is 14.5. The molecule has 3 heteroatoms. The number of nitrogens with zero attached hydrogens (tertiary/aromatic N) is 1. The topological polar surface area (TPSA) is 29.5 Å². The zero-order valence-electron chi connectivity index (χ0n) is 21.6. The van der Waals surface area contributed by atoms with Gasteiger partial charge in [-0.25, -0.2) is 0 Å². The van der Waals surface area contributed by atoms with Gasteiger partial charge in [0.25, 0.3) is 0 Å². The summed E-state index contributed by atoms with van der Waals surface area (Å²) in [5.74, 6) is 2.36. The van der Waals surface area contributed by atoms with Gasteiger partial charge in [-0.3, -0.25) is 4.79 Å². The molecule has 0 aromatic heterocycles. The molecule has 1 saturated heterocycles. The first kappa shape index (κ1) is 23.7. The summed E-state index contributed by atoms with van der Waals surface area (Å²) in [6, 6.07) is 0. The average Bonchev–Trinajstić information content (AvgIpc) is 3.11. The zero-order chi connectivity index (χ0) is 23.8. The maximum atomic E-state index is 12.2. The minimum absolute atomic E-state index is 0.0644. The zero-order valence-corrected chi connectivity index (χ0v) is 21.6. The summed E-state index contributed by atoms with van der Waals surface area (Å²) in [4.78, 5) is 14.8. The monoisotopic (exact) mass is 473 g/mol. The number of fused-ring (bicyclic) bond motifs is 4. The minimum atomic E-state index is 0.0644. The first-order chi connectivity index (χ1) is 17.1. The Bertz CT molecular complexity index is 991. The van der Waals surface area contributed by atoms with Crippen LogP contribution in [0.3, 0.4) is 0 Å². The van der Waals surface area contributed by atoms with E-state index in [0.717, 1.165) is 31.9 Å². The van der Waals surface area contributed by atoms with Crippen molar-refractivity contribution < 1.29 is 9.53 Å². The lowest BCUT2D eigenvalue weighted by Gasteiger charge is -2.51. The van der Waals surface area contributed by atoms with Gasteiger partial charge >= 0.3 is 0 Å². The molecule has 5 unspecified atom stereocenters. The molecule has 188 valence electrons. The van der Waals surface area contributed by atoms with Crippen LogP contribution in [0.25, 0.3) is 0 Å². The molecule has 6 rings (SSSR count). The van der Waals surface area contributed by atoms with E-state index in [-0.39, 0.29) is 6.10 Å². The van der Waals surface area contributed by atoms with Crippen molar-refractivity contribution in [3.05, 3.63) is 58.7 Å². The van der Waals surface area contributed by atoms with E-state index in [1.165, 1.54) is 75.6 Å². The summed E-state index contributed by atoms with van der Waals surface area (Å²) in [6.07, 6.45) is 27.0. The number of carbonyl (C=O) groups excluding carboxylic acids is 1. The van der Waals surface area contributed by atoms with Crippen LogP contribution in [-0.2, 0) is 9.53 Å². The third kappa shape index (κ3) is 4.71. The number of carbonyl (C=O) groups is 1. The van der Waals surface area contributed by atoms with Crippen LogP contribution in [0.15, 0.2) is 58.7 Å². The highest BCUT2D eigenvalue weighted by Gasteiger charge is 2.52. The maximum absolute atomic E-state index is 12.2. The number of likely N-dealkylation sites (tertiary alicyclic amines) is 1. The van der Waals surface area contributed by atoms with Crippen LogP contribution in [0.4, 0.5) is 0 Å². The number of ether oxygens (including phenoxy) is 1. The van der Waals surface area contributed by atoms with Crippen molar-refractivity contribution in [1.82, 2.24) is 4.90 Å². The summed E-state index contributed by atoms with van der Waals surface area (Å²) >= 11 is 0. The molecule has 1 aliphatic heterocycles. The van der Waals surface area contributed by atoms with E-state index >= 15 is 0 Å². The standard InChI is InChI=1S/C32H43NO2/c1-32-16-6-9-30(32)28-14-11-24-21-25(34)12-15-27(24)31(28)29(22-32)23-7-5-8-26(13-10-23)35-20-19-33-17-3-2-4-18-33/h5,7-8,10,13,21,26,28-30H,2-4,6,9,11-12,14-20,22H2,1H3. The second kappa shape index (κ2) is 9.98. The normalized spacial score (nSPS) is 37.3. The summed E-state index contributed by atoms with van der Waals surface area (Å²) < 4.78 is 6.29. The third-order valence-corrected chi connectivity index (χ3v) is 10.1. The number of rotatable bonds is 5. The number of allylic oxidation sites excluding steroid dienone is 8. The van der Waals surface area contributed by atoms with E-state index < -0.39 is 0 Å². The minimum Gasteiger partial charge on any atom is -0.369 e. The molecule has 0 N–H and O–H groups in total. The Balaban J connectivity index is 1.23. The van der Waals surface area contributed by atoms with Gasteiger partial charge in [0.15, 0.2) is 5.78 Å². The van der Waals surface area contributed by atoms with Crippen LogP contribution < -0.4 is 0 Å². The molecule has 1 heterocycles. The van der Waals surface area contributed by atoms with Gasteiger partial charge in [0.1, 0.15) is 0 Å². The highest BCUT2D eigenvalue weighted by molar-refractivity contribution is 5.93. The van der Waals surface area contributed by atoms with Gasteiger partial charge in [0.05, 0.1) is 12.7 Å². The summed E-state index contributed by atoms with van der Waals surface area (Å²) in [5, 5.41) is 0. The maximum Gasteiger partial charge on any atom is 0.156 e. The van der Waals surface area contributed by atoms with Crippen molar-refractivity contribution in [2.24, 2.45) is 23.2 Å². The molecule has 5 atom stereocenters. The lowest BCUT2D eigenvalue weighted by atomic mass is 9.53. The fourth-order valence-corrected chi connectivity index (χ4v) is 8.41. The van der Waals surface area contributed by atoms with Crippen LogP contribution >= 0.6 is 0 Å². The average molecular weight is 474 g/mol. The van der Waals surface area contributed by atoms with Crippen molar-refractivity contribution in [3.63, 3.8) is 0 Å².